The molecule has 3 heterocycles. The molecule has 4 N–H and O–H groups in total. The van der Waals surface area contributed by atoms with Crippen LogP contribution in [0.1, 0.15) is 89.9 Å². The minimum absolute atomic E-state index is 0.0336. The smallest absolute Gasteiger partial charge is 0.408 e. The van der Waals surface area contributed by atoms with E-state index >= 15 is 0 Å². The molecule has 57 heavy (non-hydrogen) atoms. The number of ether oxygens (including phenoxy) is 3. The maximum Gasteiger partial charge on any atom is 0.408 e. The topological polar surface area (TPSA) is 181 Å². The summed E-state index contributed by atoms with van der Waals surface area (Å²) in [5.41, 5.74) is 0.417. The summed E-state index contributed by atoms with van der Waals surface area (Å²) in [7, 11) is 1.59. The largest absolute Gasteiger partial charge is 0.497 e. The van der Waals surface area contributed by atoms with Gasteiger partial charge in [0.2, 0.25) is 11.8 Å². The summed E-state index contributed by atoms with van der Waals surface area (Å²) in [4.78, 5) is 65.9. The van der Waals surface area contributed by atoms with Crippen molar-refractivity contribution in [1.82, 2.24) is 25.5 Å². The number of aliphatic carboxylic acids is 1. The lowest BCUT2D eigenvalue weighted by Crippen LogP contribution is -2.57. The molecule has 1 saturated heterocycles. The molecule has 0 spiro atoms. The van der Waals surface area contributed by atoms with Crippen LogP contribution in [0.25, 0.3) is 22.3 Å². The fourth-order valence-electron chi connectivity index (χ4n) is 9.28. The number of anilines is 1. The number of nitrogens with one attached hydrogen (secondary N) is 3. The Labute approximate surface area is 336 Å². The molecule has 8 rings (SSSR count). The highest BCUT2D eigenvalue weighted by molar-refractivity contribution is 7.14. The number of fused-ring (bicyclic) bond motifs is 1. The number of carbonyl (C=O) groups excluding carboxylic acids is 3. The SMILES string of the molecule is C=C[C@H]1C[C@@]1(NC(=O)[C@H]1C[C@H](Oc2cc(-c3csc(NC4CCCC4)n3)nc3cc(OC)ccc23)CN1C(=O)[C@H](NC(=O)OC1CCCC1)C1CCCC1)C(=O)O. The van der Waals surface area contributed by atoms with Gasteiger partial charge >= 0.3 is 12.1 Å². The van der Waals surface area contributed by atoms with Crippen LogP contribution in [0.3, 0.4) is 0 Å². The Hall–Kier alpha value is -4.92. The molecule has 15 heteroatoms. The predicted molar refractivity (Wildman–Crippen MR) is 214 cm³/mol. The zero-order valence-electron chi connectivity index (χ0n) is 32.4. The minimum atomic E-state index is -1.49. The summed E-state index contributed by atoms with van der Waals surface area (Å²) < 4.78 is 18.0. The molecule has 0 unspecified atom stereocenters. The van der Waals surface area contributed by atoms with E-state index < -0.39 is 53.5 Å². The fourth-order valence-corrected chi connectivity index (χ4v) is 10.1. The number of carboxylic acid groups (broad SMARTS) is 1. The second kappa shape index (κ2) is 16.5. The van der Waals surface area contributed by atoms with Crippen LogP contribution in [0.2, 0.25) is 0 Å². The van der Waals surface area contributed by atoms with E-state index in [1.54, 1.807) is 7.11 Å². The van der Waals surface area contributed by atoms with Crippen LogP contribution in [0.5, 0.6) is 11.5 Å². The van der Waals surface area contributed by atoms with Crippen molar-refractivity contribution in [3.05, 3.63) is 42.3 Å². The number of carbonyl (C=O) groups is 4. The van der Waals surface area contributed by atoms with Crippen molar-refractivity contribution in [3.63, 3.8) is 0 Å². The number of nitrogens with zero attached hydrogens (tertiary/aromatic N) is 3. The van der Waals surface area contributed by atoms with Crippen LogP contribution in [0.4, 0.5) is 9.93 Å². The highest BCUT2D eigenvalue weighted by Gasteiger charge is 2.61. The standard InChI is InChI=1S/C42H52N6O8S/c1-3-25-21-42(25,39(51)52)47-37(49)34-19-29(22-48(34)38(50)36(24-10-4-5-11-24)46-41(53)56-27-14-8-9-15-27)55-35-20-32(44-31-18-28(54-2)16-17-30(31)35)33-23-57-40(45-33)43-26-12-6-7-13-26/h3,16-18,20,23-27,29,34,36H,1,4-15,19,21-22H2,2H3,(H,43,45)(H,46,53)(H,47,49)(H,51,52)/t25-,29-,34+,36+,42-/m0/s1. The molecule has 4 saturated carbocycles. The fraction of sp³-hybridized carbons (Fsp3) is 0.571. The number of thiazole rings is 1. The van der Waals surface area contributed by atoms with Crippen LogP contribution >= 0.6 is 11.3 Å². The molecular formula is C42H52N6O8S. The number of amides is 3. The van der Waals surface area contributed by atoms with Gasteiger partial charge in [-0.05, 0) is 75.8 Å². The second-order valence-corrected chi connectivity index (χ2v) is 17.2. The minimum Gasteiger partial charge on any atom is -0.497 e. The Balaban J connectivity index is 1.09. The average molecular weight is 801 g/mol. The lowest BCUT2D eigenvalue weighted by molar-refractivity contribution is -0.146. The summed E-state index contributed by atoms with van der Waals surface area (Å²) in [6, 6.07) is 5.79. The third-order valence-corrected chi connectivity index (χ3v) is 13.4. The van der Waals surface area contributed by atoms with E-state index in [0.717, 1.165) is 69.3 Å². The Morgan fingerprint density at radius 2 is 1.72 bits per heavy atom. The van der Waals surface area contributed by atoms with E-state index in [9.17, 15) is 24.3 Å². The monoisotopic (exact) mass is 800 g/mol. The van der Waals surface area contributed by atoms with E-state index in [2.05, 4.69) is 22.5 Å². The zero-order valence-corrected chi connectivity index (χ0v) is 33.2. The van der Waals surface area contributed by atoms with E-state index in [-0.39, 0.29) is 31.4 Å². The zero-order chi connectivity index (χ0) is 39.7. The Morgan fingerprint density at radius 3 is 2.42 bits per heavy atom. The second-order valence-electron chi connectivity index (χ2n) is 16.3. The maximum absolute atomic E-state index is 14.8. The van der Waals surface area contributed by atoms with Crippen LogP contribution in [-0.4, -0.2) is 93.4 Å². The molecule has 1 aliphatic heterocycles. The molecule has 3 amide bonds. The van der Waals surface area contributed by atoms with Gasteiger partial charge in [-0.15, -0.1) is 17.9 Å². The summed E-state index contributed by atoms with van der Waals surface area (Å²) >= 11 is 1.53. The quantitative estimate of drug-likeness (QED) is 0.132. The van der Waals surface area contributed by atoms with Gasteiger partial charge in [-0.3, -0.25) is 9.59 Å². The number of methoxy groups -OCH3 is 1. The molecule has 2 aromatic heterocycles. The van der Waals surface area contributed by atoms with Gasteiger partial charge in [-0.1, -0.05) is 31.8 Å². The van der Waals surface area contributed by atoms with Crippen molar-refractivity contribution < 1.29 is 38.5 Å². The molecule has 3 aromatic rings. The maximum atomic E-state index is 14.8. The van der Waals surface area contributed by atoms with Crippen molar-refractivity contribution in [2.75, 3.05) is 19.0 Å². The number of carboxylic acids is 1. The molecule has 0 bridgehead atoms. The molecule has 5 fully saturated rings. The van der Waals surface area contributed by atoms with Crippen LogP contribution < -0.4 is 25.4 Å². The van der Waals surface area contributed by atoms with Gasteiger partial charge in [0, 0.05) is 41.3 Å². The highest BCUT2D eigenvalue weighted by Crippen LogP contribution is 2.45. The first-order valence-corrected chi connectivity index (χ1v) is 21.4. The van der Waals surface area contributed by atoms with Crippen LogP contribution in [0, 0.1) is 11.8 Å². The first-order valence-electron chi connectivity index (χ1n) is 20.5. The Kier molecular flexibility index (Phi) is 11.3. The summed E-state index contributed by atoms with van der Waals surface area (Å²) in [6.07, 6.45) is 11.9. The van der Waals surface area contributed by atoms with Gasteiger partial charge in [-0.25, -0.2) is 19.6 Å². The van der Waals surface area contributed by atoms with Gasteiger partial charge in [0.25, 0.3) is 0 Å². The first kappa shape index (κ1) is 38.9. The molecule has 4 aliphatic carbocycles. The number of likely N-dealkylation sites (tertiary alicyclic amines) is 1. The molecule has 0 radical (unpaired) electrons. The Morgan fingerprint density at radius 1 is 0.982 bits per heavy atom. The van der Waals surface area contributed by atoms with Gasteiger partial charge in [0.05, 0.1) is 24.9 Å². The van der Waals surface area contributed by atoms with Gasteiger partial charge in [0.1, 0.15) is 47.0 Å². The van der Waals surface area contributed by atoms with Crippen molar-refractivity contribution in [1.29, 1.82) is 0 Å². The van der Waals surface area contributed by atoms with Gasteiger partial charge in [-0.2, -0.15) is 0 Å². The summed E-state index contributed by atoms with van der Waals surface area (Å²) in [5, 5.41) is 22.9. The van der Waals surface area contributed by atoms with Crippen molar-refractivity contribution in [3.8, 4) is 22.9 Å². The molecule has 5 atom stereocenters. The number of pyridine rings is 1. The van der Waals surface area contributed by atoms with Crippen molar-refractivity contribution >= 4 is 51.2 Å². The van der Waals surface area contributed by atoms with E-state index in [1.807, 2.05) is 29.6 Å². The van der Waals surface area contributed by atoms with Crippen LogP contribution in [-0.2, 0) is 19.1 Å². The summed E-state index contributed by atoms with van der Waals surface area (Å²) in [5.74, 6) is -1.61. The molecule has 14 nitrogen and oxygen atoms in total. The number of hydrogen-bond donors (Lipinski definition) is 4. The lowest BCUT2D eigenvalue weighted by Gasteiger charge is -2.32. The van der Waals surface area contributed by atoms with Crippen molar-refractivity contribution in [2.24, 2.45) is 11.8 Å². The third kappa shape index (κ3) is 8.26. The van der Waals surface area contributed by atoms with Crippen LogP contribution in [0.15, 0.2) is 42.3 Å². The van der Waals surface area contributed by atoms with E-state index in [1.165, 1.54) is 35.2 Å². The summed E-state index contributed by atoms with van der Waals surface area (Å²) in [6.45, 7) is 3.79. The Bertz CT molecular complexity index is 2010. The predicted octanol–water partition coefficient (Wildman–Crippen LogP) is 6.44. The first-order chi connectivity index (χ1) is 27.6. The number of rotatable bonds is 14. The highest BCUT2D eigenvalue weighted by atomic mass is 32.1. The lowest BCUT2D eigenvalue weighted by atomic mass is 9.96. The number of alkyl carbamates (subject to hydrolysis) is 1. The normalized spacial score (nSPS) is 25.6. The molecular weight excluding hydrogens is 749 g/mol. The number of hydrogen-bond acceptors (Lipinski definition) is 11. The van der Waals surface area contributed by atoms with E-state index in [0.29, 0.717) is 39.8 Å². The number of aromatic nitrogens is 2. The number of benzene rings is 1. The molecule has 5 aliphatic rings. The van der Waals surface area contributed by atoms with Gasteiger partial charge in [0.15, 0.2) is 5.13 Å². The molecule has 304 valence electrons. The van der Waals surface area contributed by atoms with E-state index in [4.69, 9.17) is 24.2 Å². The van der Waals surface area contributed by atoms with Crippen molar-refractivity contribution in [2.45, 2.75) is 126 Å². The molecule has 1 aromatic carbocycles. The average Bonchev–Trinajstić information content (AvgIpc) is 3.97. The third-order valence-electron chi connectivity index (χ3n) is 12.6. The van der Waals surface area contributed by atoms with Gasteiger partial charge < -0.3 is 40.2 Å².